The van der Waals surface area contributed by atoms with Gasteiger partial charge in [0.05, 0.1) is 22.3 Å². The molecule has 0 fully saturated rings. The summed E-state index contributed by atoms with van der Waals surface area (Å²) in [6, 6.07) is 15.4. The van der Waals surface area contributed by atoms with E-state index in [0.29, 0.717) is 11.5 Å². The van der Waals surface area contributed by atoms with Crippen LogP contribution >= 0.6 is 0 Å². The summed E-state index contributed by atoms with van der Waals surface area (Å²) in [7, 11) is 0. The molecule has 7 nitrogen and oxygen atoms in total. The lowest BCUT2D eigenvalue weighted by molar-refractivity contribution is 0.0698. The van der Waals surface area contributed by atoms with Crippen LogP contribution in [-0.2, 0) is 0 Å². The molecule has 1 amide bonds. The Bertz CT molecular complexity index is 1150. The van der Waals surface area contributed by atoms with Gasteiger partial charge in [0.25, 0.3) is 5.91 Å². The predicted octanol–water partition coefficient (Wildman–Crippen LogP) is 3.37. The largest absolute Gasteiger partial charge is 0.478 e. The van der Waals surface area contributed by atoms with Crippen molar-refractivity contribution in [3.8, 4) is 5.95 Å². The van der Waals surface area contributed by atoms with Crippen LogP contribution in [0.3, 0.4) is 0 Å². The van der Waals surface area contributed by atoms with Gasteiger partial charge in [0.15, 0.2) is 0 Å². The van der Waals surface area contributed by atoms with Crippen LogP contribution in [0.2, 0.25) is 0 Å². The molecule has 0 spiro atoms. The van der Waals surface area contributed by atoms with E-state index in [9.17, 15) is 14.7 Å². The number of carbonyl (C=O) groups excluding carboxylic acids is 1. The van der Waals surface area contributed by atoms with Gasteiger partial charge in [0.1, 0.15) is 0 Å². The molecule has 4 aromatic rings. The fraction of sp³-hybridized carbons (Fsp3) is 0. The van der Waals surface area contributed by atoms with E-state index in [1.165, 1.54) is 6.07 Å². The predicted molar refractivity (Wildman–Crippen MR) is 100 cm³/mol. The number of carboxylic acids is 1. The van der Waals surface area contributed by atoms with Crippen LogP contribution in [0.15, 0.2) is 73.2 Å². The Hall–Kier alpha value is -4.00. The van der Waals surface area contributed by atoms with Crippen LogP contribution in [0.4, 0.5) is 5.69 Å². The minimum absolute atomic E-state index is 0.0287. The highest BCUT2D eigenvalue weighted by molar-refractivity contribution is 6.14. The normalized spacial score (nSPS) is 10.7. The van der Waals surface area contributed by atoms with Gasteiger partial charge >= 0.3 is 5.97 Å². The molecule has 0 atom stereocenters. The summed E-state index contributed by atoms with van der Waals surface area (Å²) in [6.45, 7) is 0. The van der Waals surface area contributed by atoms with Crippen molar-refractivity contribution >= 4 is 28.5 Å². The molecular weight excluding hydrogens is 344 g/mol. The van der Waals surface area contributed by atoms with Crippen molar-refractivity contribution in [2.75, 3.05) is 5.32 Å². The maximum atomic E-state index is 12.9. The molecule has 2 N–H and O–H groups in total. The van der Waals surface area contributed by atoms with Crippen molar-refractivity contribution in [2.45, 2.75) is 0 Å². The van der Waals surface area contributed by atoms with E-state index in [1.54, 1.807) is 47.4 Å². The number of carboxylic acid groups (broad SMARTS) is 1. The molecule has 0 aliphatic heterocycles. The van der Waals surface area contributed by atoms with Crippen molar-refractivity contribution in [3.05, 3.63) is 84.3 Å². The molecule has 2 heterocycles. The number of anilines is 1. The van der Waals surface area contributed by atoms with Gasteiger partial charge in [-0.05, 0) is 24.3 Å². The molecule has 0 saturated carbocycles. The Morgan fingerprint density at radius 2 is 1.59 bits per heavy atom. The first-order chi connectivity index (χ1) is 13.1. The van der Waals surface area contributed by atoms with Gasteiger partial charge in [-0.3, -0.25) is 9.36 Å². The minimum atomic E-state index is -1.11. The number of aromatic carboxylic acids is 1. The summed E-state index contributed by atoms with van der Waals surface area (Å²) >= 11 is 0. The summed E-state index contributed by atoms with van der Waals surface area (Å²) in [4.78, 5) is 32.7. The maximum absolute atomic E-state index is 12.9. The number of hydrogen-bond acceptors (Lipinski definition) is 4. The van der Waals surface area contributed by atoms with Crippen molar-refractivity contribution in [2.24, 2.45) is 0 Å². The molecule has 132 valence electrons. The van der Waals surface area contributed by atoms with Crippen LogP contribution < -0.4 is 5.32 Å². The number of benzene rings is 2. The Balaban J connectivity index is 1.79. The van der Waals surface area contributed by atoms with Crippen LogP contribution in [-0.4, -0.2) is 31.5 Å². The fourth-order valence-electron chi connectivity index (χ4n) is 2.91. The molecule has 0 aliphatic carbocycles. The molecule has 0 radical (unpaired) electrons. The highest BCUT2D eigenvalue weighted by Crippen LogP contribution is 2.25. The second kappa shape index (κ2) is 6.72. The average Bonchev–Trinajstić information content (AvgIpc) is 3.09. The van der Waals surface area contributed by atoms with Gasteiger partial charge in [-0.25, -0.2) is 14.8 Å². The molecular formula is C20H14N4O3. The van der Waals surface area contributed by atoms with E-state index in [1.807, 2.05) is 24.3 Å². The number of para-hydroxylation sites is 2. The molecule has 2 aromatic heterocycles. The third-order valence-corrected chi connectivity index (χ3v) is 4.13. The summed E-state index contributed by atoms with van der Waals surface area (Å²) in [5, 5.41) is 12.7. The number of aromatic nitrogens is 3. The summed E-state index contributed by atoms with van der Waals surface area (Å²) in [5.74, 6) is -1.07. The average molecular weight is 358 g/mol. The van der Waals surface area contributed by atoms with Gasteiger partial charge in [0.2, 0.25) is 5.95 Å². The number of rotatable bonds is 4. The lowest BCUT2D eigenvalue weighted by Gasteiger charge is -2.07. The molecule has 0 bridgehead atoms. The Morgan fingerprint density at radius 1 is 0.889 bits per heavy atom. The Kier molecular flexibility index (Phi) is 4.10. The molecule has 27 heavy (non-hydrogen) atoms. The topological polar surface area (TPSA) is 97.1 Å². The van der Waals surface area contributed by atoms with Gasteiger partial charge < -0.3 is 10.4 Å². The van der Waals surface area contributed by atoms with Crippen molar-refractivity contribution in [1.82, 2.24) is 14.5 Å². The zero-order valence-electron chi connectivity index (χ0n) is 14.0. The molecule has 0 aliphatic rings. The highest BCUT2D eigenvalue weighted by Gasteiger charge is 2.18. The number of fused-ring (bicyclic) bond motifs is 1. The van der Waals surface area contributed by atoms with Crippen molar-refractivity contribution < 1.29 is 14.7 Å². The minimum Gasteiger partial charge on any atom is -0.478 e. The second-order valence-electron chi connectivity index (χ2n) is 5.78. The molecule has 0 saturated heterocycles. The molecule has 7 heteroatoms. The smallest absolute Gasteiger partial charge is 0.337 e. The van der Waals surface area contributed by atoms with E-state index in [4.69, 9.17) is 0 Å². The van der Waals surface area contributed by atoms with Gasteiger partial charge in [-0.1, -0.05) is 30.3 Å². The SMILES string of the molecule is O=C(O)c1ccccc1NC(=O)c1cn(-c2ncccn2)c2ccccc12. The lowest BCUT2D eigenvalue weighted by atomic mass is 10.1. The number of nitrogens with zero attached hydrogens (tertiary/aromatic N) is 3. The van der Waals surface area contributed by atoms with Crippen molar-refractivity contribution in [3.63, 3.8) is 0 Å². The first-order valence-corrected chi connectivity index (χ1v) is 8.16. The number of nitrogens with one attached hydrogen (secondary N) is 1. The quantitative estimate of drug-likeness (QED) is 0.583. The first-order valence-electron chi connectivity index (χ1n) is 8.16. The summed E-state index contributed by atoms with van der Waals surface area (Å²) < 4.78 is 1.73. The Morgan fingerprint density at radius 3 is 2.37 bits per heavy atom. The van der Waals surface area contributed by atoms with Crippen LogP contribution in [0.5, 0.6) is 0 Å². The van der Waals surface area contributed by atoms with Crippen molar-refractivity contribution in [1.29, 1.82) is 0 Å². The van der Waals surface area contributed by atoms with E-state index >= 15 is 0 Å². The molecule has 4 rings (SSSR count). The molecule has 0 unspecified atom stereocenters. The standard InChI is InChI=1S/C20H14N4O3/c25-18(23-16-8-3-1-7-14(16)19(26)27)15-12-24(20-21-10-5-11-22-20)17-9-4-2-6-13(15)17/h1-12H,(H,23,25)(H,26,27). The third kappa shape index (κ3) is 3.02. The highest BCUT2D eigenvalue weighted by atomic mass is 16.4. The number of amides is 1. The third-order valence-electron chi connectivity index (χ3n) is 4.13. The van der Waals surface area contributed by atoms with Crippen LogP contribution in [0.25, 0.3) is 16.9 Å². The van der Waals surface area contributed by atoms with Gasteiger partial charge in [-0.2, -0.15) is 0 Å². The zero-order chi connectivity index (χ0) is 18.8. The Labute approximate surface area is 153 Å². The van der Waals surface area contributed by atoms with Gasteiger partial charge in [-0.15, -0.1) is 0 Å². The zero-order valence-corrected chi connectivity index (χ0v) is 14.0. The number of carbonyl (C=O) groups is 2. The van der Waals surface area contributed by atoms with Crippen LogP contribution in [0, 0.1) is 0 Å². The van der Waals surface area contributed by atoms with E-state index in [0.717, 1.165) is 10.9 Å². The lowest BCUT2D eigenvalue weighted by Crippen LogP contribution is -2.14. The van der Waals surface area contributed by atoms with E-state index < -0.39 is 11.9 Å². The fourth-order valence-corrected chi connectivity index (χ4v) is 2.91. The molecule has 2 aromatic carbocycles. The van der Waals surface area contributed by atoms with E-state index in [-0.39, 0.29) is 11.3 Å². The van der Waals surface area contributed by atoms with Gasteiger partial charge in [0, 0.05) is 24.0 Å². The summed E-state index contributed by atoms with van der Waals surface area (Å²) in [6.07, 6.45) is 4.90. The second-order valence-corrected chi connectivity index (χ2v) is 5.78. The monoisotopic (exact) mass is 358 g/mol. The van der Waals surface area contributed by atoms with E-state index in [2.05, 4.69) is 15.3 Å². The first kappa shape index (κ1) is 16.5. The summed E-state index contributed by atoms with van der Waals surface area (Å²) in [5.41, 5.74) is 1.45. The van der Waals surface area contributed by atoms with Crippen LogP contribution in [0.1, 0.15) is 20.7 Å². The number of hydrogen-bond donors (Lipinski definition) is 2. The maximum Gasteiger partial charge on any atom is 0.337 e.